The first kappa shape index (κ1) is 20.2. The SMILES string of the molecule is Cc1ccc(C(=O)c2cn(Cc3cccc(Br)n3)c3cc(F)ccc3c2=O)cc1C. The summed E-state index contributed by atoms with van der Waals surface area (Å²) in [6.45, 7) is 4.17. The van der Waals surface area contributed by atoms with Crippen LogP contribution in [0.15, 0.2) is 70.2 Å². The van der Waals surface area contributed by atoms with Gasteiger partial charge in [0, 0.05) is 17.1 Å². The van der Waals surface area contributed by atoms with E-state index in [0.29, 0.717) is 26.8 Å². The van der Waals surface area contributed by atoms with Gasteiger partial charge in [-0.2, -0.15) is 0 Å². The summed E-state index contributed by atoms with van der Waals surface area (Å²) in [5.74, 6) is -0.809. The number of halogens is 2. The van der Waals surface area contributed by atoms with Gasteiger partial charge in [0.25, 0.3) is 0 Å². The minimum Gasteiger partial charge on any atom is -0.340 e. The number of aromatic nitrogens is 2. The van der Waals surface area contributed by atoms with E-state index in [1.807, 2.05) is 32.0 Å². The monoisotopic (exact) mass is 464 g/mol. The predicted octanol–water partition coefficient (Wildman–Crippen LogP) is 5.19. The number of hydrogen-bond acceptors (Lipinski definition) is 3. The topological polar surface area (TPSA) is 52.0 Å². The average Bonchev–Trinajstić information content (AvgIpc) is 2.71. The molecule has 4 aromatic rings. The maximum Gasteiger partial charge on any atom is 0.200 e. The molecule has 150 valence electrons. The van der Waals surface area contributed by atoms with Gasteiger partial charge in [0.05, 0.1) is 23.3 Å². The number of benzene rings is 2. The summed E-state index contributed by atoms with van der Waals surface area (Å²) in [4.78, 5) is 30.7. The van der Waals surface area contributed by atoms with Crippen LogP contribution in [0, 0.1) is 19.7 Å². The van der Waals surface area contributed by atoms with E-state index < -0.39 is 11.2 Å². The van der Waals surface area contributed by atoms with Crippen molar-refractivity contribution in [2.24, 2.45) is 0 Å². The lowest BCUT2D eigenvalue weighted by atomic mass is 9.99. The first-order valence-corrected chi connectivity index (χ1v) is 10.2. The molecule has 0 amide bonds. The Labute approximate surface area is 181 Å². The Kier molecular flexibility index (Phi) is 5.35. The molecule has 0 spiro atoms. The smallest absolute Gasteiger partial charge is 0.200 e. The number of nitrogens with zero attached hydrogens (tertiary/aromatic N) is 2. The molecule has 0 fully saturated rings. The third kappa shape index (κ3) is 3.83. The molecule has 0 aliphatic heterocycles. The highest BCUT2D eigenvalue weighted by Crippen LogP contribution is 2.19. The highest BCUT2D eigenvalue weighted by molar-refractivity contribution is 9.10. The molecule has 2 heterocycles. The van der Waals surface area contributed by atoms with Crippen molar-refractivity contribution in [3.8, 4) is 0 Å². The van der Waals surface area contributed by atoms with Crippen LogP contribution in [0.3, 0.4) is 0 Å². The quantitative estimate of drug-likeness (QED) is 0.308. The first-order valence-electron chi connectivity index (χ1n) is 9.39. The molecular weight excluding hydrogens is 447 g/mol. The zero-order chi connectivity index (χ0) is 21.4. The van der Waals surface area contributed by atoms with E-state index in [9.17, 15) is 14.0 Å². The zero-order valence-electron chi connectivity index (χ0n) is 16.4. The Balaban J connectivity index is 1.91. The summed E-state index contributed by atoms with van der Waals surface area (Å²) in [5.41, 5.74) is 3.26. The van der Waals surface area contributed by atoms with Crippen LogP contribution in [-0.4, -0.2) is 15.3 Å². The van der Waals surface area contributed by atoms with Gasteiger partial charge in [-0.1, -0.05) is 18.2 Å². The summed E-state index contributed by atoms with van der Waals surface area (Å²) in [5, 5.41) is 0.293. The standard InChI is InChI=1S/C24H18BrFN2O2/c1-14-6-7-16(10-15(14)2)23(29)20-13-28(12-18-4-3-5-22(25)27-18)21-11-17(26)8-9-19(21)24(20)30/h3-11,13H,12H2,1-2H3. The zero-order valence-corrected chi connectivity index (χ0v) is 18.0. The summed E-state index contributed by atoms with van der Waals surface area (Å²) in [6.07, 6.45) is 1.50. The van der Waals surface area contributed by atoms with E-state index in [0.717, 1.165) is 11.1 Å². The second kappa shape index (κ2) is 7.95. The number of rotatable bonds is 4. The second-order valence-corrected chi connectivity index (χ2v) is 8.05. The second-order valence-electron chi connectivity index (χ2n) is 7.24. The van der Waals surface area contributed by atoms with Crippen LogP contribution in [0.4, 0.5) is 4.39 Å². The molecule has 0 atom stereocenters. The summed E-state index contributed by atoms with van der Waals surface area (Å²) >= 11 is 3.34. The van der Waals surface area contributed by atoms with Crippen molar-refractivity contribution in [1.82, 2.24) is 9.55 Å². The van der Waals surface area contributed by atoms with Crippen LogP contribution in [0.5, 0.6) is 0 Å². The number of pyridine rings is 2. The van der Waals surface area contributed by atoms with E-state index in [4.69, 9.17) is 0 Å². The fraction of sp³-hybridized carbons (Fsp3) is 0.125. The van der Waals surface area contributed by atoms with Crippen LogP contribution >= 0.6 is 15.9 Å². The Hall–Kier alpha value is -3.12. The van der Waals surface area contributed by atoms with Crippen LogP contribution in [0.1, 0.15) is 32.7 Å². The van der Waals surface area contributed by atoms with E-state index in [1.54, 1.807) is 22.8 Å². The molecule has 0 aliphatic carbocycles. The van der Waals surface area contributed by atoms with Gasteiger partial charge in [-0.3, -0.25) is 9.59 Å². The van der Waals surface area contributed by atoms with E-state index in [2.05, 4.69) is 20.9 Å². The predicted molar refractivity (Wildman–Crippen MR) is 119 cm³/mol. The fourth-order valence-corrected chi connectivity index (χ4v) is 3.79. The molecule has 0 aliphatic rings. The largest absolute Gasteiger partial charge is 0.340 e. The molecule has 30 heavy (non-hydrogen) atoms. The van der Waals surface area contributed by atoms with Crippen LogP contribution in [-0.2, 0) is 6.54 Å². The molecule has 0 N–H and O–H groups in total. The number of ketones is 1. The molecule has 0 bridgehead atoms. The molecule has 2 aromatic carbocycles. The fourth-order valence-electron chi connectivity index (χ4n) is 3.41. The normalized spacial score (nSPS) is 11.1. The molecule has 0 saturated carbocycles. The van der Waals surface area contributed by atoms with Crippen molar-refractivity contribution in [3.63, 3.8) is 0 Å². The van der Waals surface area contributed by atoms with Gasteiger partial charge in [-0.15, -0.1) is 0 Å². The Morgan fingerprint density at radius 3 is 2.60 bits per heavy atom. The molecule has 4 nitrogen and oxygen atoms in total. The lowest BCUT2D eigenvalue weighted by molar-refractivity contribution is 0.103. The van der Waals surface area contributed by atoms with Crippen molar-refractivity contribution in [1.29, 1.82) is 0 Å². The van der Waals surface area contributed by atoms with Crippen LogP contribution in [0.2, 0.25) is 0 Å². The van der Waals surface area contributed by atoms with Crippen molar-refractivity contribution in [3.05, 3.63) is 109 Å². The van der Waals surface area contributed by atoms with Crippen molar-refractivity contribution < 1.29 is 9.18 Å². The Morgan fingerprint density at radius 1 is 1.07 bits per heavy atom. The minimum atomic E-state index is -0.453. The van der Waals surface area contributed by atoms with Crippen molar-refractivity contribution >= 4 is 32.6 Å². The molecule has 0 saturated heterocycles. The lowest BCUT2D eigenvalue weighted by Crippen LogP contribution is -2.20. The minimum absolute atomic E-state index is 0.0485. The molecule has 6 heteroatoms. The summed E-state index contributed by atoms with van der Waals surface area (Å²) < 4.78 is 16.3. The van der Waals surface area contributed by atoms with Gasteiger partial charge >= 0.3 is 0 Å². The molecule has 4 rings (SSSR count). The van der Waals surface area contributed by atoms with E-state index in [-0.39, 0.29) is 17.9 Å². The molecule has 2 aromatic heterocycles. The van der Waals surface area contributed by atoms with Gasteiger partial charge in [-0.05, 0) is 77.3 Å². The Morgan fingerprint density at radius 2 is 1.87 bits per heavy atom. The van der Waals surface area contributed by atoms with Crippen molar-refractivity contribution in [2.75, 3.05) is 0 Å². The number of carbonyl (C=O) groups excluding carboxylic acids is 1. The van der Waals surface area contributed by atoms with Crippen molar-refractivity contribution in [2.45, 2.75) is 20.4 Å². The average molecular weight is 465 g/mol. The number of hydrogen-bond donors (Lipinski definition) is 0. The van der Waals surface area contributed by atoms with E-state index >= 15 is 0 Å². The highest BCUT2D eigenvalue weighted by atomic mass is 79.9. The maximum absolute atomic E-state index is 14.0. The van der Waals surface area contributed by atoms with Gasteiger partial charge in [0.1, 0.15) is 10.4 Å². The summed E-state index contributed by atoms with van der Waals surface area (Å²) in [6, 6.07) is 14.8. The molecule has 0 unspecified atom stereocenters. The van der Waals surface area contributed by atoms with Gasteiger partial charge in [-0.25, -0.2) is 9.37 Å². The number of aryl methyl sites for hydroxylation is 2. The van der Waals surface area contributed by atoms with Gasteiger partial charge in [0.15, 0.2) is 5.78 Å². The molecule has 0 radical (unpaired) electrons. The number of fused-ring (bicyclic) bond motifs is 1. The van der Waals surface area contributed by atoms with Crippen LogP contribution in [0.25, 0.3) is 10.9 Å². The van der Waals surface area contributed by atoms with Gasteiger partial charge < -0.3 is 4.57 Å². The maximum atomic E-state index is 14.0. The highest BCUT2D eigenvalue weighted by Gasteiger charge is 2.18. The summed E-state index contributed by atoms with van der Waals surface area (Å²) in [7, 11) is 0. The van der Waals surface area contributed by atoms with Gasteiger partial charge in [0.2, 0.25) is 5.43 Å². The third-order valence-electron chi connectivity index (χ3n) is 5.16. The van der Waals surface area contributed by atoms with Crippen LogP contribution < -0.4 is 5.43 Å². The molecular formula is C24H18BrFN2O2. The third-order valence-corrected chi connectivity index (χ3v) is 5.60. The van der Waals surface area contributed by atoms with E-state index in [1.165, 1.54) is 24.4 Å². The Bertz CT molecular complexity index is 1360. The number of carbonyl (C=O) groups is 1. The first-order chi connectivity index (χ1) is 14.3. The lowest BCUT2D eigenvalue weighted by Gasteiger charge is -2.14.